The van der Waals surface area contributed by atoms with Crippen molar-refractivity contribution in [2.24, 2.45) is 0 Å². The molecule has 160 valence electrons. The average Bonchev–Trinajstić information content (AvgIpc) is 2.77. The van der Waals surface area contributed by atoms with Crippen molar-refractivity contribution in [1.82, 2.24) is 9.97 Å². The van der Waals surface area contributed by atoms with E-state index in [1.54, 1.807) is 36.4 Å². The molecular formula is C22H20F3N5O. The number of benzene rings is 2. The van der Waals surface area contributed by atoms with E-state index in [4.69, 9.17) is 10.00 Å². The van der Waals surface area contributed by atoms with Crippen LogP contribution < -0.4 is 15.0 Å². The Bertz CT molecular complexity index is 1060. The fourth-order valence-corrected chi connectivity index (χ4v) is 2.75. The summed E-state index contributed by atoms with van der Waals surface area (Å²) in [6, 6.07) is 15.1. The number of ether oxygens (including phenoxy) is 1. The van der Waals surface area contributed by atoms with Crippen LogP contribution in [0.2, 0.25) is 0 Å². The fraction of sp³-hybridized carbons (Fsp3) is 0.227. The van der Waals surface area contributed by atoms with E-state index in [0.29, 0.717) is 29.3 Å². The van der Waals surface area contributed by atoms with Crippen LogP contribution in [0.25, 0.3) is 0 Å². The van der Waals surface area contributed by atoms with Gasteiger partial charge in [-0.15, -0.1) is 0 Å². The molecule has 3 rings (SSSR count). The summed E-state index contributed by atoms with van der Waals surface area (Å²) < 4.78 is 46.2. The Hall–Kier alpha value is -3.80. The highest BCUT2D eigenvalue weighted by Crippen LogP contribution is 2.37. The minimum atomic E-state index is -4.63. The maximum absolute atomic E-state index is 13.6. The highest BCUT2D eigenvalue weighted by atomic mass is 19.4. The summed E-state index contributed by atoms with van der Waals surface area (Å²) in [5.41, 5.74) is 0.500. The largest absolute Gasteiger partial charge is 0.494 e. The molecule has 0 aliphatic heterocycles. The summed E-state index contributed by atoms with van der Waals surface area (Å²) in [5, 5.41) is 11.8. The monoisotopic (exact) mass is 427 g/mol. The number of hydrogen-bond acceptors (Lipinski definition) is 6. The lowest BCUT2D eigenvalue weighted by molar-refractivity contribution is -0.137. The third-order valence-electron chi connectivity index (χ3n) is 4.36. The smallest absolute Gasteiger partial charge is 0.421 e. The van der Waals surface area contributed by atoms with Gasteiger partial charge in [-0.1, -0.05) is 6.92 Å². The molecule has 1 aromatic heterocycles. The Morgan fingerprint density at radius 2 is 1.77 bits per heavy atom. The molecule has 0 radical (unpaired) electrons. The lowest BCUT2D eigenvalue weighted by Gasteiger charge is -2.23. The Balaban J connectivity index is 1.90. The van der Waals surface area contributed by atoms with Crippen LogP contribution in [0.3, 0.4) is 0 Å². The molecule has 0 unspecified atom stereocenters. The predicted molar refractivity (Wildman–Crippen MR) is 112 cm³/mol. The molecule has 0 spiro atoms. The summed E-state index contributed by atoms with van der Waals surface area (Å²) in [6.07, 6.45) is -2.99. The minimum absolute atomic E-state index is 0.0192. The molecule has 6 nitrogen and oxygen atoms in total. The van der Waals surface area contributed by atoms with Crippen molar-refractivity contribution in [3.8, 4) is 11.8 Å². The molecule has 3 aromatic rings. The average molecular weight is 427 g/mol. The molecule has 0 saturated carbocycles. The van der Waals surface area contributed by atoms with Gasteiger partial charge in [-0.25, -0.2) is 4.98 Å². The Morgan fingerprint density at radius 3 is 2.35 bits per heavy atom. The van der Waals surface area contributed by atoms with E-state index in [1.165, 1.54) is 24.1 Å². The summed E-state index contributed by atoms with van der Waals surface area (Å²) in [4.78, 5) is 9.25. The van der Waals surface area contributed by atoms with Gasteiger partial charge in [0.15, 0.2) is 5.82 Å². The number of nitrogens with zero attached hydrogens (tertiary/aromatic N) is 4. The molecule has 9 heteroatoms. The normalized spacial score (nSPS) is 11.0. The molecule has 1 N–H and O–H groups in total. The molecule has 0 aliphatic rings. The third kappa shape index (κ3) is 5.42. The highest BCUT2D eigenvalue weighted by Gasteiger charge is 2.36. The van der Waals surface area contributed by atoms with Crippen LogP contribution in [0, 0.1) is 11.3 Å². The molecule has 1 heterocycles. The highest BCUT2D eigenvalue weighted by molar-refractivity contribution is 5.65. The van der Waals surface area contributed by atoms with E-state index in [1.807, 2.05) is 13.0 Å². The number of nitriles is 1. The zero-order valence-electron chi connectivity index (χ0n) is 16.9. The van der Waals surface area contributed by atoms with Gasteiger partial charge >= 0.3 is 6.18 Å². The molecule has 0 atom stereocenters. The van der Waals surface area contributed by atoms with E-state index in [0.717, 1.165) is 12.6 Å². The molecule has 0 fully saturated rings. The van der Waals surface area contributed by atoms with Gasteiger partial charge in [0.1, 0.15) is 11.3 Å². The maximum atomic E-state index is 13.6. The van der Waals surface area contributed by atoms with Crippen molar-refractivity contribution < 1.29 is 17.9 Å². The molecule has 31 heavy (non-hydrogen) atoms. The number of alkyl halides is 3. The fourth-order valence-electron chi connectivity index (χ4n) is 2.75. The van der Waals surface area contributed by atoms with E-state index in [-0.39, 0.29) is 11.8 Å². The second kappa shape index (κ2) is 9.34. The van der Waals surface area contributed by atoms with Crippen LogP contribution in [0.1, 0.15) is 24.5 Å². The standard InChI is InChI=1S/C22H20F3N5O/c1-3-12-31-18-10-6-16(7-11-18)28-21-27-14-19(22(23,24)25)20(29-21)30(2)17-8-4-15(13-26)5-9-17/h4-11,14H,3,12H2,1-2H3,(H,27,28,29). The zero-order chi connectivity index (χ0) is 22.4. The van der Waals surface area contributed by atoms with E-state index < -0.39 is 11.7 Å². The predicted octanol–water partition coefficient (Wildman–Crippen LogP) is 5.67. The Labute approximate surface area is 177 Å². The Kier molecular flexibility index (Phi) is 6.60. The first-order chi connectivity index (χ1) is 14.8. The molecule has 0 bridgehead atoms. The molecule has 2 aromatic carbocycles. The SMILES string of the molecule is CCCOc1ccc(Nc2ncc(C(F)(F)F)c(N(C)c3ccc(C#N)cc3)n2)cc1. The number of hydrogen-bond donors (Lipinski definition) is 1. The lowest BCUT2D eigenvalue weighted by Crippen LogP contribution is -2.19. The van der Waals surface area contributed by atoms with E-state index in [2.05, 4.69) is 15.3 Å². The second-order valence-corrected chi connectivity index (χ2v) is 6.64. The van der Waals surface area contributed by atoms with Crippen molar-refractivity contribution in [2.75, 3.05) is 23.9 Å². The van der Waals surface area contributed by atoms with Gasteiger partial charge in [-0.3, -0.25) is 0 Å². The maximum Gasteiger partial charge on any atom is 0.421 e. The second-order valence-electron chi connectivity index (χ2n) is 6.64. The summed E-state index contributed by atoms with van der Waals surface area (Å²) in [6.45, 7) is 2.60. The number of nitrogens with one attached hydrogen (secondary N) is 1. The van der Waals surface area contributed by atoms with E-state index >= 15 is 0 Å². The van der Waals surface area contributed by atoms with Crippen molar-refractivity contribution in [3.63, 3.8) is 0 Å². The number of anilines is 4. The summed E-state index contributed by atoms with van der Waals surface area (Å²) in [5.74, 6) is 0.408. The van der Waals surface area contributed by atoms with Gasteiger partial charge in [0, 0.05) is 24.6 Å². The van der Waals surface area contributed by atoms with Crippen LogP contribution in [0.4, 0.5) is 36.3 Å². The zero-order valence-corrected chi connectivity index (χ0v) is 16.9. The van der Waals surface area contributed by atoms with Gasteiger partial charge in [0.25, 0.3) is 0 Å². The van der Waals surface area contributed by atoms with Crippen molar-refractivity contribution in [1.29, 1.82) is 5.26 Å². The first-order valence-corrected chi connectivity index (χ1v) is 9.50. The molecule has 0 aliphatic carbocycles. The number of halogens is 3. The van der Waals surface area contributed by atoms with Crippen LogP contribution in [-0.4, -0.2) is 23.6 Å². The van der Waals surface area contributed by atoms with Crippen molar-refractivity contribution in [2.45, 2.75) is 19.5 Å². The van der Waals surface area contributed by atoms with Crippen LogP contribution in [0.5, 0.6) is 5.75 Å². The van der Waals surface area contributed by atoms with Crippen LogP contribution in [0.15, 0.2) is 54.7 Å². The topological polar surface area (TPSA) is 74.1 Å². The quantitative estimate of drug-likeness (QED) is 0.524. The van der Waals surface area contributed by atoms with Crippen LogP contribution in [-0.2, 0) is 6.18 Å². The molecule has 0 saturated heterocycles. The first kappa shape index (κ1) is 21.9. The number of aromatic nitrogens is 2. The van der Waals surface area contributed by atoms with Gasteiger partial charge in [0.2, 0.25) is 5.95 Å². The summed E-state index contributed by atoms with van der Waals surface area (Å²) >= 11 is 0. The van der Waals surface area contributed by atoms with Gasteiger partial charge in [0.05, 0.1) is 18.2 Å². The Morgan fingerprint density at radius 1 is 1.10 bits per heavy atom. The van der Waals surface area contributed by atoms with Crippen molar-refractivity contribution >= 4 is 23.1 Å². The molecule has 0 amide bonds. The summed E-state index contributed by atoms with van der Waals surface area (Å²) in [7, 11) is 1.47. The number of rotatable bonds is 7. The van der Waals surface area contributed by atoms with E-state index in [9.17, 15) is 13.2 Å². The van der Waals surface area contributed by atoms with Gasteiger partial charge < -0.3 is 15.0 Å². The van der Waals surface area contributed by atoms with Crippen LogP contribution >= 0.6 is 0 Å². The first-order valence-electron chi connectivity index (χ1n) is 9.50. The lowest BCUT2D eigenvalue weighted by atomic mass is 10.2. The molecular weight excluding hydrogens is 407 g/mol. The third-order valence-corrected chi connectivity index (χ3v) is 4.36. The van der Waals surface area contributed by atoms with Gasteiger partial charge in [-0.05, 0) is 55.0 Å². The van der Waals surface area contributed by atoms with Gasteiger partial charge in [-0.2, -0.15) is 23.4 Å². The minimum Gasteiger partial charge on any atom is -0.494 e. The van der Waals surface area contributed by atoms with Crippen molar-refractivity contribution in [3.05, 3.63) is 65.9 Å².